The summed E-state index contributed by atoms with van der Waals surface area (Å²) in [6.45, 7) is 0. The predicted molar refractivity (Wildman–Crippen MR) is 183 cm³/mol. The molecule has 0 N–H and O–H groups in total. The molecule has 0 spiro atoms. The highest BCUT2D eigenvalue weighted by Gasteiger charge is 2.20. The summed E-state index contributed by atoms with van der Waals surface area (Å²) in [6.07, 6.45) is 0. The second-order valence-electron chi connectivity index (χ2n) is 11.3. The maximum atomic E-state index is 6.71. The molecule has 8 aromatic carbocycles. The van der Waals surface area contributed by atoms with Crippen LogP contribution in [0.5, 0.6) is 0 Å². The summed E-state index contributed by atoms with van der Waals surface area (Å²) < 4.78 is 6.71. The van der Waals surface area contributed by atoms with E-state index in [-0.39, 0.29) is 0 Å². The number of rotatable bonds is 3. The van der Waals surface area contributed by atoms with Crippen LogP contribution in [0.3, 0.4) is 0 Å². The van der Waals surface area contributed by atoms with Gasteiger partial charge in [0.05, 0.1) is 0 Å². The van der Waals surface area contributed by atoms with Crippen LogP contribution in [0.25, 0.3) is 87.6 Å². The fourth-order valence-electron chi connectivity index (χ4n) is 6.87. The van der Waals surface area contributed by atoms with Crippen LogP contribution in [0.2, 0.25) is 0 Å². The molecular weight excluding hydrogens is 520 g/mol. The number of furan rings is 1. The van der Waals surface area contributed by atoms with E-state index in [2.05, 4.69) is 158 Å². The Morgan fingerprint density at radius 2 is 0.837 bits per heavy atom. The van der Waals surface area contributed by atoms with Gasteiger partial charge in [0, 0.05) is 21.9 Å². The van der Waals surface area contributed by atoms with E-state index in [1.54, 1.807) is 0 Å². The van der Waals surface area contributed by atoms with Gasteiger partial charge < -0.3 is 4.42 Å². The Kier molecular flexibility index (Phi) is 5.27. The maximum Gasteiger partial charge on any atom is 0.143 e. The lowest BCUT2D eigenvalue weighted by molar-refractivity contribution is 0.670. The van der Waals surface area contributed by atoms with Crippen molar-refractivity contribution in [3.63, 3.8) is 0 Å². The number of hydrogen-bond acceptors (Lipinski definition) is 1. The number of fused-ring (bicyclic) bond motifs is 6. The first-order chi connectivity index (χ1) is 21.3. The van der Waals surface area contributed by atoms with Crippen molar-refractivity contribution >= 4 is 54.3 Å². The molecule has 1 heterocycles. The van der Waals surface area contributed by atoms with Gasteiger partial charge in [-0.1, -0.05) is 146 Å². The molecule has 0 unspecified atom stereocenters. The normalized spacial score (nSPS) is 11.7. The van der Waals surface area contributed by atoms with Crippen molar-refractivity contribution in [3.8, 4) is 33.4 Å². The molecule has 0 bridgehead atoms. The molecule has 1 nitrogen and oxygen atoms in total. The Hall–Kier alpha value is -5.66. The highest BCUT2D eigenvalue weighted by Crippen LogP contribution is 2.46. The summed E-state index contributed by atoms with van der Waals surface area (Å²) in [4.78, 5) is 0. The Bertz CT molecular complexity index is 2420. The molecule has 0 atom stereocenters. The fourth-order valence-corrected chi connectivity index (χ4v) is 6.87. The van der Waals surface area contributed by atoms with Gasteiger partial charge in [0.2, 0.25) is 0 Å². The third-order valence-electron chi connectivity index (χ3n) is 8.85. The van der Waals surface area contributed by atoms with E-state index in [0.717, 1.165) is 27.5 Å². The standard InChI is InChI=1S/C42H26O/c1-2-11-27(12-3-1)28-21-23-29(24-22-28)40-32-15-6-8-17-34(32)41(35-18-9-7-16-33(35)40)37-20-10-19-36-38-25-30-13-4-5-14-31(30)26-39(38)43-42(36)37/h1-26H. The summed E-state index contributed by atoms with van der Waals surface area (Å²) >= 11 is 0. The molecule has 0 aliphatic rings. The molecular formula is C42H26O. The maximum absolute atomic E-state index is 6.71. The minimum absolute atomic E-state index is 0.921. The third kappa shape index (κ3) is 3.72. The summed E-state index contributed by atoms with van der Waals surface area (Å²) in [7, 11) is 0. The van der Waals surface area contributed by atoms with Crippen LogP contribution in [-0.4, -0.2) is 0 Å². The summed E-state index contributed by atoms with van der Waals surface area (Å²) in [5.74, 6) is 0. The van der Waals surface area contributed by atoms with Gasteiger partial charge in [-0.3, -0.25) is 0 Å². The van der Waals surface area contributed by atoms with E-state index >= 15 is 0 Å². The first-order valence-electron chi connectivity index (χ1n) is 14.8. The Morgan fingerprint density at radius 1 is 0.326 bits per heavy atom. The Morgan fingerprint density at radius 3 is 1.51 bits per heavy atom. The average molecular weight is 547 g/mol. The van der Waals surface area contributed by atoms with Gasteiger partial charge in [-0.25, -0.2) is 0 Å². The van der Waals surface area contributed by atoms with E-state index in [1.807, 2.05) is 0 Å². The van der Waals surface area contributed by atoms with Gasteiger partial charge >= 0.3 is 0 Å². The number of hydrogen-bond donors (Lipinski definition) is 0. The molecule has 0 saturated carbocycles. The third-order valence-corrected chi connectivity index (χ3v) is 8.85. The van der Waals surface area contributed by atoms with Crippen molar-refractivity contribution in [1.29, 1.82) is 0 Å². The highest BCUT2D eigenvalue weighted by atomic mass is 16.3. The van der Waals surface area contributed by atoms with Crippen LogP contribution in [0.15, 0.2) is 162 Å². The molecule has 200 valence electrons. The van der Waals surface area contributed by atoms with Crippen LogP contribution < -0.4 is 0 Å². The lowest BCUT2D eigenvalue weighted by atomic mass is 9.85. The minimum atomic E-state index is 0.921. The Balaban J connectivity index is 1.33. The van der Waals surface area contributed by atoms with Crippen LogP contribution in [0, 0.1) is 0 Å². The zero-order valence-electron chi connectivity index (χ0n) is 23.4. The molecule has 0 radical (unpaired) electrons. The second kappa shape index (κ2) is 9.44. The molecule has 9 rings (SSSR count). The first kappa shape index (κ1) is 24.0. The van der Waals surface area contributed by atoms with E-state index in [4.69, 9.17) is 4.42 Å². The lowest BCUT2D eigenvalue weighted by Gasteiger charge is -2.18. The molecule has 0 aliphatic carbocycles. The number of para-hydroxylation sites is 1. The van der Waals surface area contributed by atoms with Gasteiger partial charge in [-0.2, -0.15) is 0 Å². The molecule has 0 saturated heterocycles. The van der Waals surface area contributed by atoms with Crippen molar-refractivity contribution in [3.05, 3.63) is 158 Å². The molecule has 43 heavy (non-hydrogen) atoms. The van der Waals surface area contributed by atoms with Crippen LogP contribution in [-0.2, 0) is 0 Å². The van der Waals surface area contributed by atoms with Gasteiger partial charge in [0.25, 0.3) is 0 Å². The topological polar surface area (TPSA) is 13.1 Å². The van der Waals surface area contributed by atoms with E-state index < -0.39 is 0 Å². The average Bonchev–Trinajstić information content (AvgIpc) is 3.44. The van der Waals surface area contributed by atoms with Gasteiger partial charge in [-0.15, -0.1) is 0 Å². The zero-order valence-corrected chi connectivity index (χ0v) is 23.4. The lowest BCUT2D eigenvalue weighted by Crippen LogP contribution is -1.91. The van der Waals surface area contributed by atoms with Crippen molar-refractivity contribution in [2.24, 2.45) is 0 Å². The molecule has 0 amide bonds. The monoisotopic (exact) mass is 546 g/mol. The SMILES string of the molecule is c1ccc(-c2ccc(-c3c4ccccc4c(-c4cccc5c4oc4cc6ccccc6cc45)c4ccccc34)cc2)cc1. The fraction of sp³-hybridized carbons (Fsp3) is 0. The molecule has 9 aromatic rings. The predicted octanol–water partition coefficient (Wildman–Crippen LogP) is 12.0. The van der Waals surface area contributed by atoms with E-state index in [0.29, 0.717) is 0 Å². The Labute approximate surface area is 249 Å². The van der Waals surface area contributed by atoms with Gasteiger partial charge in [0.1, 0.15) is 11.2 Å². The van der Waals surface area contributed by atoms with Crippen LogP contribution in [0.1, 0.15) is 0 Å². The minimum Gasteiger partial charge on any atom is -0.455 e. The first-order valence-corrected chi connectivity index (χ1v) is 14.8. The largest absolute Gasteiger partial charge is 0.455 e. The summed E-state index contributed by atoms with van der Waals surface area (Å²) in [5, 5.41) is 9.63. The van der Waals surface area contributed by atoms with Crippen molar-refractivity contribution < 1.29 is 4.42 Å². The van der Waals surface area contributed by atoms with Crippen molar-refractivity contribution in [2.75, 3.05) is 0 Å². The van der Waals surface area contributed by atoms with Crippen LogP contribution in [0.4, 0.5) is 0 Å². The van der Waals surface area contributed by atoms with E-state index in [1.165, 1.54) is 60.1 Å². The summed E-state index contributed by atoms with van der Waals surface area (Å²) in [6, 6.07) is 56.7. The zero-order chi connectivity index (χ0) is 28.3. The smallest absolute Gasteiger partial charge is 0.143 e. The molecule has 1 heteroatoms. The van der Waals surface area contributed by atoms with Crippen molar-refractivity contribution in [1.82, 2.24) is 0 Å². The molecule has 0 fully saturated rings. The van der Waals surface area contributed by atoms with Gasteiger partial charge in [-0.05, 0) is 66.7 Å². The quantitative estimate of drug-likeness (QED) is 0.201. The number of benzene rings is 8. The van der Waals surface area contributed by atoms with Gasteiger partial charge in [0.15, 0.2) is 0 Å². The second-order valence-corrected chi connectivity index (χ2v) is 11.3. The summed E-state index contributed by atoms with van der Waals surface area (Å²) in [5.41, 5.74) is 9.11. The van der Waals surface area contributed by atoms with Crippen LogP contribution >= 0.6 is 0 Å². The van der Waals surface area contributed by atoms with Crippen molar-refractivity contribution in [2.45, 2.75) is 0 Å². The molecule has 1 aromatic heterocycles. The molecule has 0 aliphatic heterocycles. The van der Waals surface area contributed by atoms with E-state index in [9.17, 15) is 0 Å². The highest BCUT2D eigenvalue weighted by molar-refractivity contribution is 6.24.